The molecular weight excluding hydrogens is 880 g/mol. The van der Waals surface area contributed by atoms with Crippen molar-refractivity contribution in [3.05, 3.63) is 113 Å². The Labute approximate surface area is 370 Å². The molecule has 23 heteroatoms. The van der Waals surface area contributed by atoms with Gasteiger partial charge >= 0.3 is 18.1 Å². The Balaban J connectivity index is 0.00000105. The lowest BCUT2D eigenvalue weighted by atomic mass is 10.1. The quantitative estimate of drug-likeness (QED) is 0.0274. The molecule has 3 aromatic carbocycles. The molecule has 3 heterocycles. The van der Waals surface area contributed by atoms with Crippen molar-refractivity contribution >= 4 is 69.3 Å². The van der Waals surface area contributed by atoms with E-state index in [1.807, 2.05) is 24.3 Å². The van der Waals surface area contributed by atoms with E-state index >= 15 is 0 Å². The van der Waals surface area contributed by atoms with E-state index in [9.17, 15) is 51.1 Å². The first-order valence-electron chi connectivity index (χ1n) is 19.8. The smallest absolute Gasteiger partial charge is 0.481 e. The number of amides is 3. The van der Waals surface area contributed by atoms with Crippen LogP contribution in [0.5, 0.6) is 0 Å². The lowest BCUT2D eigenvalue weighted by molar-refractivity contribution is -0.192. The topological polar surface area (TPSA) is 283 Å². The summed E-state index contributed by atoms with van der Waals surface area (Å²) in [7, 11) is -2.22. The van der Waals surface area contributed by atoms with Gasteiger partial charge in [0, 0.05) is 49.7 Å². The van der Waals surface area contributed by atoms with Gasteiger partial charge in [-0.15, -0.1) is 0 Å². The van der Waals surface area contributed by atoms with Crippen LogP contribution in [0, 0.1) is 0 Å². The minimum absolute atomic E-state index is 0.0622. The third kappa shape index (κ3) is 14.2. The summed E-state index contributed by atoms with van der Waals surface area (Å²) in [6.45, 7) is 1.29. The number of hydrogen-bond donors (Lipinski definition) is 9. The molecule has 2 aromatic heterocycles. The third-order valence-corrected chi connectivity index (χ3v) is 10.7. The van der Waals surface area contributed by atoms with Crippen molar-refractivity contribution < 1.29 is 61.0 Å². The number of H-pyrrole nitrogens is 1. The van der Waals surface area contributed by atoms with Crippen LogP contribution in [0.15, 0.2) is 95.1 Å². The highest BCUT2D eigenvalue weighted by Gasteiger charge is 2.38. The van der Waals surface area contributed by atoms with E-state index in [0.29, 0.717) is 65.5 Å². The number of hydrogen-bond acceptors (Lipinski definition) is 13. The van der Waals surface area contributed by atoms with E-state index in [1.165, 1.54) is 18.5 Å². The number of aromatic nitrogens is 3. The van der Waals surface area contributed by atoms with Crippen molar-refractivity contribution in [3.63, 3.8) is 0 Å². The number of anilines is 2. The van der Waals surface area contributed by atoms with Crippen molar-refractivity contribution in [1.29, 1.82) is 0 Å². The molecular formula is C42H46F3N9O10S. The maximum atomic E-state index is 13.5. The minimum atomic E-state index is -5.08. The first kappa shape index (κ1) is 48.9. The molecule has 65 heavy (non-hydrogen) atoms. The molecule has 0 saturated heterocycles. The normalized spacial score (nSPS) is 14.1. The zero-order valence-corrected chi connectivity index (χ0v) is 35.5. The number of aliphatic carboxylic acids is 2. The lowest BCUT2D eigenvalue weighted by Gasteiger charge is -2.24. The van der Waals surface area contributed by atoms with Crippen molar-refractivity contribution in [2.45, 2.75) is 62.3 Å². The van der Waals surface area contributed by atoms with Gasteiger partial charge in [0.05, 0.1) is 40.7 Å². The van der Waals surface area contributed by atoms with Crippen LogP contribution >= 0.6 is 10.9 Å². The van der Waals surface area contributed by atoms with E-state index in [4.69, 9.17) is 9.90 Å². The molecule has 6 rings (SSSR count). The monoisotopic (exact) mass is 925 g/mol. The van der Waals surface area contributed by atoms with E-state index < -0.39 is 41.4 Å². The number of benzene rings is 3. The van der Waals surface area contributed by atoms with E-state index in [1.54, 1.807) is 65.4 Å². The van der Waals surface area contributed by atoms with Crippen LogP contribution in [0.2, 0.25) is 0 Å². The standard InChI is InChI=1S/C40H45N9O8S.C2HF3O2/c1-48(25-36-45-31-11-5-6-12-32(31)46-36)39(53)26-14-16-30-29(20-26)24-49(40(54)33(44-30)21-37(50)51)19-9-3-2-8-18-41-38(52)28-15-17-35(42-22-28)47-43-23-27-10-4-7-13-34(27)58(55,56)57;3-2(4,5)1(6)7/h4-7,10-17,20,22-23,33,44,55-57H,2-3,8-9,18-19,21,24-25H2,1H3,(H,41,52)(H,42,47)(H,45,46)(H,50,51);(H,6,7)/b43-23+;/t33-;/m0./s1. The largest absolute Gasteiger partial charge is 0.490 e. The van der Waals surface area contributed by atoms with E-state index in [0.717, 1.165) is 23.9 Å². The summed E-state index contributed by atoms with van der Waals surface area (Å²) in [5.74, 6) is -3.71. The number of carbonyl (C=O) groups excluding carboxylic acids is 3. The number of nitrogens with one attached hydrogen (secondary N) is 4. The van der Waals surface area contributed by atoms with Gasteiger partial charge < -0.3 is 49.3 Å². The maximum Gasteiger partial charge on any atom is 0.490 e. The number of alkyl halides is 3. The highest BCUT2D eigenvalue weighted by Crippen LogP contribution is 2.44. The number of hydrazone groups is 1. The average molecular weight is 926 g/mol. The van der Waals surface area contributed by atoms with Crippen LogP contribution in [0.1, 0.15) is 69.8 Å². The summed E-state index contributed by atoms with van der Waals surface area (Å²) >= 11 is 0. The van der Waals surface area contributed by atoms with E-state index in [2.05, 4.69) is 36.1 Å². The Kier molecular flexibility index (Phi) is 16.6. The van der Waals surface area contributed by atoms with Crippen molar-refractivity contribution in [2.75, 3.05) is 30.9 Å². The van der Waals surface area contributed by atoms with Crippen LogP contribution in [0.3, 0.4) is 0 Å². The number of carboxylic acid groups (broad SMARTS) is 2. The molecule has 1 atom stereocenters. The summed E-state index contributed by atoms with van der Waals surface area (Å²) in [6, 6.07) is 21.1. The van der Waals surface area contributed by atoms with Crippen molar-refractivity contribution in [2.24, 2.45) is 5.10 Å². The Morgan fingerprint density at radius 3 is 2.32 bits per heavy atom. The van der Waals surface area contributed by atoms with Gasteiger partial charge in [-0.25, -0.2) is 14.8 Å². The Hall–Kier alpha value is -7.08. The van der Waals surface area contributed by atoms with Crippen LogP contribution in [0.4, 0.5) is 24.7 Å². The zero-order chi connectivity index (χ0) is 47.3. The Morgan fingerprint density at radius 1 is 0.954 bits per heavy atom. The molecule has 0 fully saturated rings. The number of unbranched alkanes of at least 4 members (excludes halogenated alkanes) is 3. The van der Waals surface area contributed by atoms with Crippen LogP contribution < -0.4 is 16.1 Å². The minimum Gasteiger partial charge on any atom is -0.481 e. The number of carboxylic acids is 2. The summed E-state index contributed by atoms with van der Waals surface area (Å²) < 4.78 is 60.5. The number of fused-ring (bicyclic) bond motifs is 2. The molecule has 1 aliphatic heterocycles. The Bertz CT molecular complexity index is 2480. The summed E-state index contributed by atoms with van der Waals surface area (Å²) in [5.41, 5.74) is 6.80. The molecule has 19 nitrogen and oxygen atoms in total. The molecule has 5 aromatic rings. The lowest BCUT2D eigenvalue weighted by Crippen LogP contribution is -2.42. The molecule has 346 valence electrons. The Morgan fingerprint density at radius 2 is 1.65 bits per heavy atom. The first-order chi connectivity index (χ1) is 30.8. The van der Waals surface area contributed by atoms with Crippen LogP contribution in [-0.4, -0.2) is 117 Å². The van der Waals surface area contributed by atoms with Crippen LogP contribution in [-0.2, 0) is 27.5 Å². The fourth-order valence-corrected chi connectivity index (χ4v) is 7.23. The second-order valence-corrected chi connectivity index (χ2v) is 16.1. The molecule has 3 amide bonds. The molecule has 0 bridgehead atoms. The molecule has 0 aliphatic carbocycles. The van der Waals surface area contributed by atoms with Crippen molar-refractivity contribution in [3.8, 4) is 0 Å². The number of imidazole rings is 1. The number of para-hydroxylation sites is 2. The second-order valence-electron chi connectivity index (χ2n) is 14.6. The van der Waals surface area contributed by atoms with Gasteiger partial charge in [0.15, 0.2) is 0 Å². The van der Waals surface area contributed by atoms with Gasteiger partial charge in [-0.1, -0.05) is 43.2 Å². The highest BCUT2D eigenvalue weighted by atomic mass is 32.3. The predicted molar refractivity (Wildman–Crippen MR) is 234 cm³/mol. The van der Waals surface area contributed by atoms with Gasteiger partial charge in [0.2, 0.25) is 5.91 Å². The SMILES string of the molecule is CN(Cc1nc2ccccc2[nH]1)C(=O)c1ccc2c(c1)CN(CCCCCCNC(=O)c1ccc(N/N=C/c3ccccc3S(O)(O)O)nc1)C(=O)[C@H](CC(=O)O)N2.O=C(O)C(F)(F)F. The van der Waals surface area contributed by atoms with Crippen LogP contribution in [0.25, 0.3) is 11.0 Å². The molecule has 9 N–H and O–H groups in total. The van der Waals surface area contributed by atoms with E-state index in [-0.39, 0.29) is 35.7 Å². The summed E-state index contributed by atoms with van der Waals surface area (Å²) in [5, 5.41) is 26.7. The molecule has 1 aliphatic rings. The highest BCUT2D eigenvalue weighted by molar-refractivity contribution is 8.19. The molecule has 0 saturated carbocycles. The number of carbonyl (C=O) groups is 5. The van der Waals surface area contributed by atoms with Gasteiger partial charge in [0.25, 0.3) is 11.8 Å². The van der Waals surface area contributed by atoms with Crippen molar-refractivity contribution in [1.82, 2.24) is 30.1 Å². The van der Waals surface area contributed by atoms with Gasteiger partial charge in [-0.05, 0) is 66.9 Å². The first-order valence-corrected chi connectivity index (χ1v) is 21.3. The van der Waals surface area contributed by atoms with Gasteiger partial charge in [-0.2, -0.15) is 18.3 Å². The fraction of sp³-hybridized carbons (Fsp3) is 0.286. The number of rotatable bonds is 17. The molecule has 0 unspecified atom stereocenters. The fourth-order valence-electron chi connectivity index (χ4n) is 6.54. The number of halogens is 3. The number of aromatic amines is 1. The second kappa shape index (κ2) is 22.0. The number of pyridine rings is 1. The van der Waals surface area contributed by atoms with Gasteiger partial charge in [-0.3, -0.25) is 24.6 Å². The predicted octanol–water partition coefficient (Wildman–Crippen LogP) is 6.48. The maximum absolute atomic E-state index is 13.5. The number of nitrogens with zero attached hydrogens (tertiary/aromatic N) is 5. The molecule has 0 radical (unpaired) electrons. The van der Waals surface area contributed by atoms with Gasteiger partial charge in [0.1, 0.15) is 28.6 Å². The third-order valence-electron chi connectivity index (χ3n) is 9.71. The zero-order valence-electron chi connectivity index (χ0n) is 34.7. The molecule has 0 spiro atoms. The summed E-state index contributed by atoms with van der Waals surface area (Å²) in [4.78, 5) is 75.4. The average Bonchev–Trinajstić information content (AvgIpc) is 3.62. The summed E-state index contributed by atoms with van der Waals surface area (Å²) in [6.07, 6.45) is 0.122.